The molecular formula is C15H30N2. The Bertz CT molecular complexity index is 229. The van der Waals surface area contributed by atoms with Crippen molar-refractivity contribution in [2.24, 2.45) is 17.6 Å². The largest absolute Gasteiger partial charge is 0.330 e. The predicted molar refractivity (Wildman–Crippen MR) is 74.0 cm³/mol. The standard InChI is InChI=1S/C15H30N2/c1-12-7-3-5-9-14(12)17(2)15-10-6-4-8-13(15)11-16/h12-15H,3-11,16H2,1-2H3. The Hall–Kier alpha value is -0.0800. The maximum Gasteiger partial charge on any atom is 0.0135 e. The van der Waals surface area contributed by atoms with E-state index in [-0.39, 0.29) is 0 Å². The van der Waals surface area contributed by atoms with Crippen molar-refractivity contribution in [3.05, 3.63) is 0 Å². The smallest absolute Gasteiger partial charge is 0.0135 e. The molecule has 2 saturated carbocycles. The van der Waals surface area contributed by atoms with Gasteiger partial charge >= 0.3 is 0 Å². The molecule has 2 fully saturated rings. The maximum absolute atomic E-state index is 5.97. The summed E-state index contributed by atoms with van der Waals surface area (Å²) in [6, 6.07) is 1.58. The van der Waals surface area contributed by atoms with Crippen LogP contribution in [0, 0.1) is 11.8 Å². The molecule has 2 rings (SSSR count). The van der Waals surface area contributed by atoms with E-state index in [1.54, 1.807) is 0 Å². The fraction of sp³-hybridized carbons (Fsp3) is 1.00. The fourth-order valence-corrected chi connectivity index (χ4v) is 4.15. The molecule has 0 aromatic heterocycles. The highest BCUT2D eigenvalue weighted by atomic mass is 15.2. The van der Waals surface area contributed by atoms with Crippen molar-refractivity contribution in [3.8, 4) is 0 Å². The number of nitrogens with two attached hydrogens (primary N) is 1. The molecule has 0 aliphatic heterocycles. The van der Waals surface area contributed by atoms with Gasteiger partial charge in [0.1, 0.15) is 0 Å². The van der Waals surface area contributed by atoms with Gasteiger partial charge in [-0.1, -0.05) is 32.6 Å². The van der Waals surface area contributed by atoms with Gasteiger partial charge in [0.05, 0.1) is 0 Å². The molecule has 0 saturated heterocycles. The van der Waals surface area contributed by atoms with Crippen LogP contribution in [0.3, 0.4) is 0 Å². The molecule has 0 radical (unpaired) electrons. The summed E-state index contributed by atoms with van der Waals surface area (Å²) in [6.45, 7) is 3.33. The van der Waals surface area contributed by atoms with E-state index in [9.17, 15) is 0 Å². The Morgan fingerprint density at radius 2 is 1.53 bits per heavy atom. The van der Waals surface area contributed by atoms with E-state index in [4.69, 9.17) is 5.73 Å². The van der Waals surface area contributed by atoms with E-state index in [0.717, 1.165) is 30.5 Å². The summed E-state index contributed by atoms with van der Waals surface area (Å²) in [6.07, 6.45) is 11.2. The molecule has 2 heteroatoms. The lowest BCUT2D eigenvalue weighted by Gasteiger charge is -2.45. The molecule has 0 heterocycles. The zero-order valence-corrected chi connectivity index (χ0v) is 11.7. The minimum Gasteiger partial charge on any atom is -0.330 e. The van der Waals surface area contributed by atoms with Crippen molar-refractivity contribution in [2.45, 2.75) is 70.4 Å². The normalized spacial score (nSPS) is 39.5. The van der Waals surface area contributed by atoms with E-state index in [1.807, 2.05) is 0 Å². The number of rotatable bonds is 3. The van der Waals surface area contributed by atoms with Gasteiger partial charge in [0.25, 0.3) is 0 Å². The Morgan fingerprint density at radius 1 is 0.941 bits per heavy atom. The first-order valence-electron chi connectivity index (χ1n) is 7.66. The third-order valence-corrected chi connectivity index (χ3v) is 5.28. The molecule has 2 aliphatic carbocycles. The van der Waals surface area contributed by atoms with Gasteiger partial charge < -0.3 is 5.73 Å². The van der Waals surface area contributed by atoms with E-state index in [0.29, 0.717) is 0 Å². The van der Waals surface area contributed by atoms with Crippen LogP contribution in [-0.4, -0.2) is 30.6 Å². The van der Waals surface area contributed by atoms with Gasteiger partial charge in [-0.25, -0.2) is 0 Å². The monoisotopic (exact) mass is 238 g/mol. The van der Waals surface area contributed by atoms with Crippen molar-refractivity contribution >= 4 is 0 Å². The fourth-order valence-electron chi connectivity index (χ4n) is 4.15. The minimum absolute atomic E-state index is 0.753. The van der Waals surface area contributed by atoms with Crippen LogP contribution in [0.15, 0.2) is 0 Å². The Kier molecular flexibility index (Phi) is 4.87. The molecule has 2 aliphatic rings. The van der Waals surface area contributed by atoms with Gasteiger partial charge in [0.2, 0.25) is 0 Å². The molecular weight excluding hydrogens is 208 g/mol. The van der Waals surface area contributed by atoms with E-state index in [1.165, 1.54) is 51.4 Å². The van der Waals surface area contributed by atoms with Crippen LogP contribution in [0.4, 0.5) is 0 Å². The molecule has 2 N–H and O–H groups in total. The predicted octanol–water partition coefficient (Wildman–Crippen LogP) is 3.01. The van der Waals surface area contributed by atoms with Crippen molar-refractivity contribution in [2.75, 3.05) is 13.6 Å². The Balaban J connectivity index is 1.98. The van der Waals surface area contributed by atoms with Crippen LogP contribution < -0.4 is 5.73 Å². The molecule has 4 atom stereocenters. The zero-order valence-electron chi connectivity index (χ0n) is 11.7. The summed E-state index contributed by atoms with van der Waals surface area (Å²) in [4.78, 5) is 2.71. The zero-order chi connectivity index (χ0) is 12.3. The SMILES string of the molecule is CC1CCCCC1N(C)C1CCCCC1CN. The lowest BCUT2D eigenvalue weighted by Crippen LogP contribution is -2.50. The van der Waals surface area contributed by atoms with Gasteiger partial charge in [0.15, 0.2) is 0 Å². The Morgan fingerprint density at radius 3 is 2.18 bits per heavy atom. The highest BCUT2D eigenvalue weighted by Gasteiger charge is 2.33. The third kappa shape index (κ3) is 3.03. The molecule has 17 heavy (non-hydrogen) atoms. The molecule has 2 nitrogen and oxygen atoms in total. The molecule has 0 amide bonds. The van der Waals surface area contributed by atoms with Crippen LogP contribution in [-0.2, 0) is 0 Å². The Labute approximate surface area is 107 Å². The molecule has 0 bridgehead atoms. The van der Waals surface area contributed by atoms with Gasteiger partial charge in [-0.05, 0) is 51.1 Å². The van der Waals surface area contributed by atoms with Crippen molar-refractivity contribution in [3.63, 3.8) is 0 Å². The van der Waals surface area contributed by atoms with Crippen molar-refractivity contribution in [1.82, 2.24) is 4.90 Å². The van der Waals surface area contributed by atoms with Crippen LogP contribution in [0.1, 0.15) is 58.3 Å². The average molecular weight is 238 g/mol. The molecule has 0 spiro atoms. The molecule has 4 unspecified atom stereocenters. The van der Waals surface area contributed by atoms with Crippen molar-refractivity contribution in [1.29, 1.82) is 0 Å². The second-order valence-corrected chi connectivity index (χ2v) is 6.34. The first-order chi connectivity index (χ1) is 8.24. The topological polar surface area (TPSA) is 29.3 Å². The maximum atomic E-state index is 5.97. The second-order valence-electron chi connectivity index (χ2n) is 6.34. The van der Waals surface area contributed by atoms with Crippen molar-refractivity contribution < 1.29 is 0 Å². The summed E-state index contributed by atoms with van der Waals surface area (Å²) in [7, 11) is 2.37. The lowest BCUT2D eigenvalue weighted by atomic mass is 9.79. The first kappa shape index (κ1) is 13.4. The van der Waals surface area contributed by atoms with Crippen LogP contribution in [0.5, 0.6) is 0 Å². The van der Waals surface area contributed by atoms with Gasteiger partial charge in [-0.2, -0.15) is 0 Å². The average Bonchev–Trinajstić information content (AvgIpc) is 2.38. The molecule has 100 valence electrons. The minimum atomic E-state index is 0.753. The van der Waals surface area contributed by atoms with E-state index >= 15 is 0 Å². The molecule has 0 aromatic rings. The quantitative estimate of drug-likeness (QED) is 0.819. The second kappa shape index (κ2) is 6.19. The van der Waals surface area contributed by atoms with E-state index < -0.39 is 0 Å². The number of hydrogen-bond donors (Lipinski definition) is 1. The third-order valence-electron chi connectivity index (χ3n) is 5.28. The number of hydrogen-bond acceptors (Lipinski definition) is 2. The van der Waals surface area contributed by atoms with Gasteiger partial charge in [0, 0.05) is 12.1 Å². The summed E-state index contributed by atoms with van der Waals surface area (Å²) in [5.74, 6) is 1.64. The van der Waals surface area contributed by atoms with Gasteiger partial charge in [-0.15, -0.1) is 0 Å². The molecule has 0 aromatic carbocycles. The summed E-state index contributed by atoms with van der Waals surface area (Å²) < 4.78 is 0. The summed E-state index contributed by atoms with van der Waals surface area (Å²) in [5.41, 5.74) is 5.97. The summed E-state index contributed by atoms with van der Waals surface area (Å²) in [5, 5.41) is 0. The van der Waals surface area contributed by atoms with Crippen LogP contribution in [0.2, 0.25) is 0 Å². The van der Waals surface area contributed by atoms with Crippen LogP contribution >= 0.6 is 0 Å². The first-order valence-corrected chi connectivity index (χ1v) is 7.66. The van der Waals surface area contributed by atoms with Gasteiger partial charge in [-0.3, -0.25) is 4.90 Å². The van der Waals surface area contributed by atoms with Crippen LogP contribution in [0.25, 0.3) is 0 Å². The number of nitrogens with zero attached hydrogens (tertiary/aromatic N) is 1. The highest BCUT2D eigenvalue weighted by molar-refractivity contribution is 4.88. The lowest BCUT2D eigenvalue weighted by molar-refractivity contribution is 0.0483. The van der Waals surface area contributed by atoms with E-state index in [2.05, 4.69) is 18.9 Å². The summed E-state index contributed by atoms with van der Waals surface area (Å²) >= 11 is 0. The highest BCUT2D eigenvalue weighted by Crippen LogP contribution is 2.34.